The van der Waals surface area contributed by atoms with Gasteiger partial charge in [-0.25, -0.2) is 4.79 Å². The number of hydrogen-bond acceptors (Lipinski definition) is 3. The lowest BCUT2D eigenvalue weighted by Gasteiger charge is -2.23. The van der Waals surface area contributed by atoms with Gasteiger partial charge >= 0.3 is 6.09 Å². The Morgan fingerprint density at radius 3 is 2.62 bits per heavy atom. The van der Waals surface area contributed by atoms with Gasteiger partial charge in [-0.2, -0.15) is 0 Å². The molecule has 0 radical (unpaired) electrons. The first kappa shape index (κ1) is 13.3. The van der Waals surface area contributed by atoms with Crippen molar-refractivity contribution >= 4 is 6.09 Å². The molecule has 0 spiro atoms. The molecular formula is C12H24N2O2. The van der Waals surface area contributed by atoms with E-state index in [0.29, 0.717) is 0 Å². The van der Waals surface area contributed by atoms with Crippen molar-refractivity contribution in [2.45, 2.75) is 70.6 Å². The van der Waals surface area contributed by atoms with Gasteiger partial charge in [0.1, 0.15) is 6.10 Å². The molecule has 0 aromatic rings. The lowest BCUT2D eigenvalue weighted by atomic mass is 9.95. The first-order chi connectivity index (χ1) is 7.58. The first-order valence-corrected chi connectivity index (χ1v) is 6.30. The first-order valence-electron chi connectivity index (χ1n) is 6.30. The minimum absolute atomic E-state index is 0.0464. The van der Waals surface area contributed by atoms with E-state index in [1.54, 1.807) is 0 Å². The highest BCUT2D eigenvalue weighted by Gasteiger charge is 2.18. The van der Waals surface area contributed by atoms with Crippen molar-refractivity contribution in [1.82, 2.24) is 5.32 Å². The molecule has 1 fully saturated rings. The smallest absolute Gasteiger partial charge is 0.407 e. The molecule has 0 heterocycles. The molecule has 0 aliphatic heterocycles. The lowest BCUT2D eigenvalue weighted by Crippen LogP contribution is -2.35. The van der Waals surface area contributed by atoms with Crippen LogP contribution in [0.3, 0.4) is 0 Å². The molecular weight excluding hydrogens is 204 g/mol. The standard InChI is InChI=1S/C12H24N2O2/c1-9(2)14-12(15)16-11-6-4-3-5-10(13)7-8-11/h9-11H,3-8,13H2,1-2H3,(H,14,15). The van der Waals surface area contributed by atoms with Crippen LogP contribution < -0.4 is 11.1 Å². The van der Waals surface area contributed by atoms with Gasteiger partial charge in [-0.1, -0.05) is 6.42 Å². The van der Waals surface area contributed by atoms with Crippen molar-refractivity contribution in [3.05, 3.63) is 0 Å². The van der Waals surface area contributed by atoms with E-state index in [0.717, 1.165) is 38.5 Å². The Morgan fingerprint density at radius 1 is 1.25 bits per heavy atom. The second-order valence-corrected chi connectivity index (χ2v) is 4.95. The summed E-state index contributed by atoms with van der Waals surface area (Å²) in [7, 11) is 0. The van der Waals surface area contributed by atoms with E-state index in [2.05, 4.69) is 5.32 Å². The minimum atomic E-state index is -0.297. The van der Waals surface area contributed by atoms with Crippen molar-refractivity contribution in [1.29, 1.82) is 0 Å². The maximum Gasteiger partial charge on any atom is 0.407 e. The fourth-order valence-electron chi connectivity index (χ4n) is 2.01. The number of carbonyl (C=O) groups excluding carboxylic acids is 1. The van der Waals surface area contributed by atoms with Crippen molar-refractivity contribution < 1.29 is 9.53 Å². The van der Waals surface area contributed by atoms with Gasteiger partial charge in [0.25, 0.3) is 0 Å². The third kappa shape index (κ3) is 5.35. The summed E-state index contributed by atoms with van der Waals surface area (Å²) in [5.74, 6) is 0. The number of amides is 1. The largest absolute Gasteiger partial charge is 0.446 e. The average Bonchev–Trinajstić information content (AvgIpc) is 2.16. The quantitative estimate of drug-likeness (QED) is 0.761. The number of ether oxygens (including phenoxy) is 1. The summed E-state index contributed by atoms with van der Waals surface area (Å²) in [5, 5.41) is 2.74. The van der Waals surface area contributed by atoms with Gasteiger partial charge < -0.3 is 15.8 Å². The minimum Gasteiger partial charge on any atom is -0.446 e. The molecule has 0 aromatic heterocycles. The number of rotatable bonds is 2. The molecule has 1 aliphatic carbocycles. The van der Waals surface area contributed by atoms with Crippen LogP contribution >= 0.6 is 0 Å². The third-order valence-electron chi connectivity index (χ3n) is 2.89. The fourth-order valence-corrected chi connectivity index (χ4v) is 2.01. The molecule has 3 N–H and O–H groups in total. The van der Waals surface area contributed by atoms with Gasteiger partial charge in [-0.05, 0) is 46.0 Å². The monoisotopic (exact) mass is 228 g/mol. The topological polar surface area (TPSA) is 64.3 Å². The number of carbonyl (C=O) groups is 1. The van der Waals surface area contributed by atoms with Crippen LogP contribution in [0.15, 0.2) is 0 Å². The Labute approximate surface area is 97.9 Å². The second-order valence-electron chi connectivity index (χ2n) is 4.95. The highest BCUT2D eigenvalue weighted by Crippen LogP contribution is 2.19. The van der Waals surface area contributed by atoms with E-state index in [4.69, 9.17) is 10.5 Å². The Morgan fingerprint density at radius 2 is 1.94 bits per heavy atom. The zero-order valence-electron chi connectivity index (χ0n) is 10.4. The lowest BCUT2D eigenvalue weighted by molar-refractivity contribution is 0.0785. The van der Waals surface area contributed by atoms with Gasteiger partial charge in [0.2, 0.25) is 0 Å². The number of hydrogen-bond donors (Lipinski definition) is 2. The summed E-state index contributed by atoms with van der Waals surface area (Å²) in [6.07, 6.45) is 5.93. The van der Waals surface area contributed by atoms with Crippen LogP contribution in [0.25, 0.3) is 0 Å². The van der Waals surface area contributed by atoms with Crippen molar-refractivity contribution in [3.8, 4) is 0 Å². The SMILES string of the molecule is CC(C)NC(=O)OC1CCCCC(N)CC1. The normalized spacial score (nSPS) is 27.0. The van der Waals surface area contributed by atoms with E-state index in [9.17, 15) is 4.79 Å². The van der Waals surface area contributed by atoms with E-state index in [-0.39, 0.29) is 24.3 Å². The molecule has 1 rings (SSSR count). The molecule has 2 atom stereocenters. The molecule has 94 valence electrons. The van der Waals surface area contributed by atoms with Crippen molar-refractivity contribution in [3.63, 3.8) is 0 Å². The van der Waals surface area contributed by atoms with E-state index < -0.39 is 0 Å². The zero-order chi connectivity index (χ0) is 12.0. The summed E-state index contributed by atoms with van der Waals surface area (Å²) >= 11 is 0. The van der Waals surface area contributed by atoms with E-state index in [1.807, 2.05) is 13.8 Å². The molecule has 1 amide bonds. The predicted molar refractivity (Wildman–Crippen MR) is 64.2 cm³/mol. The molecule has 1 saturated carbocycles. The highest BCUT2D eigenvalue weighted by atomic mass is 16.6. The maximum absolute atomic E-state index is 11.4. The Balaban J connectivity index is 2.31. The van der Waals surface area contributed by atoms with E-state index >= 15 is 0 Å². The summed E-state index contributed by atoms with van der Waals surface area (Å²) in [5.41, 5.74) is 5.92. The second kappa shape index (κ2) is 6.74. The molecule has 0 bridgehead atoms. The van der Waals surface area contributed by atoms with Gasteiger partial charge in [0, 0.05) is 12.1 Å². The van der Waals surface area contributed by atoms with Gasteiger partial charge in [-0.15, -0.1) is 0 Å². The Kier molecular flexibility index (Phi) is 5.60. The maximum atomic E-state index is 11.4. The zero-order valence-corrected chi connectivity index (χ0v) is 10.4. The molecule has 16 heavy (non-hydrogen) atoms. The van der Waals surface area contributed by atoms with Crippen LogP contribution in [0.2, 0.25) is 0 Å². The van der Waals surface area contributed by atoms with Crippen LogP contribution in [0.4, 0.5) is 4.79 Å². The predicted octanol–water partition coefficient (Wildman–Crippen LogP) is 2.17. The number of alkyl carbamates (subject to hydrolysis) is 1. The molecule has 4 heteroatoms. The van der Waals surface area contributed by atoms with Gasteiger partial charge in [0.05, 0.1) is 0 Å². The van der Waals surface area contributed by atoms with Crippen LogP contribution in [-0.2, 0) is 4.74 Å². The Hall–Kier alpha value is -0.770. The summed E-state index contributed by atoms with van der Waals surface area (Å²) in [6, 6.07) is 0.405. The molecule has 2 unspecified atom stereocenters. The average molecular weight is 228 g/mol. The Bertz CT molecular complexity index is 219. The third-order valence-corrected chi connectivity index (χ3v) is 2.89. The number of nitrogens with one attached hydrogen (secondary N) is 1. The van der Waals surface area contributed by atoms with Gasteiger partial charge in [-0.3, -0.25) is 0 Å². The van der Waals surface area contributed by atoms with Crippen LogP contribution in [0, 0.1) is 0 Å². The molecule has 0 saturated heterocycles. The van der Waals surface area contributed by atoms with Crippen molar-refractivity contribution in [2.75, 3.05) is 0 Å². The molecule has 1 aliphatic rings. The van der Waals surface area contributed by atoms with Gasteiger partial charge in [0.15, 0.2) is 0 Å². The summed E-state index contributed by atoms with van der Waals surface area (Å²) in [4.78, 5) is 11.4. The van der Waals surface area contributed by atoms with Crippen LogP contribution in [0.5, 0.6) is 0 Å². The van der Waals surface area contributed by atoms with E-state index in [1.165, 1.54) is 0 Å². The van der Waals surface area contributed by atoms with Crippen LogP contribution in [0.1, 0.15) is 52.4 Å². The molecule has 4 nitrogen and oxygen atoms in total. The molecule has 0 aromatic carbocycles. The summed E-state index contributed by atoms with van der Waals surface area (Å²) < 4.78 is 5.38. The van der Waals surface area contributed by atoms with Crippen molar-refractivity contribution in [2.24, 2.45) is 5.73 Å². The summed E-state index contributed by atoms with van der Waals surface area (Å²) in [6.45, 7) is 3.85. The highest BCUT2D eigenvalue weighted by molar-refractivity contribution is 5.67. The van der Waals surface area contributed by atoms with Crippen LogP contribution in [-0.4, -0.2) is 24.3 Å². The number of nitrogens with two attached hydrogens (primary N) is 1. The fraction of sp³-hybridized carbons (Fsp3) is 0.917.